The molecule has 0 aliphatic rings. The van der Waals surface area contributed by atoms with E-state index in [9.17, 15) is 4.79 Å². The molecule has 0 aliphatic carbocycles. The number of anilines is 1. The SMILES string of the molecule is CC(C)n1ccnc(NC(C)(C)CCl)c1=O. The summed E-state index contributed by atoms with van der Waals surface area (Å²) in [5.41, 5.74) is -0.458. The summed E-state index contributed by atoms with van der Waals surface area (Å²) < 4.78 is 1.64. The van der Waals surface area contributed by atoms with E-state index in [2.05, 4.69) is 10.3 Å². The standard InChI is InChI=1S/C11H18ClN3O/c1-8(2)15-6-5-13-9(10(15)16)14-11(3,4)7-12/h5-6,8H,7H2,1-4H3,(H,13,14). The molecule has 0 saturated heterocycles. The molecule has 90 valence electrons. The molecule has 1 N–H and O–H groups in total. The van der Waals surface area contributed by atoms with Crippen LogP contribution in [0.3, 0.4) is 0 Å². The molecule has 16 heavy (non-hydrogen) atoms. The van der Waals surface area contributed by atoms with Gasteiger partial charge in [-0.2, -0.15) is 0 Å². The van der Waals surface area contributed by atoms with Crippen LogP contribution in [0.15, 0.2) is 17.2 Å². The van der Waals surface area contributed by atoms with Crippen molar-refractivity contribution in [2.24, 2.45) is 0 Å². The molecule has 0 aliphatic heterocycles. The van der Waals surface area contributed by atoms with Crippen molar-refractivity contribution >= 4 is 17.4 Å². The Hall–Kier alpha value is -1.03. The van der Waals surface area contributed by atoms with Gasteiger partial charge < -0.3 is 9.88 Å². The monoisotopic (exact) mass is 243 g/mol. The first-order chi connectivity index (χ1) is 7.37. The molecule has 0 fully saturated rings. The van der Waals surface area contributed by atoms with Gasteiger partial charge in [-0.05, 0) is 27.7 Å². The molecule has 1 heterocycles. The van der Waals surface area contributed by atoms with Crippen LogP contribution in [0.1, 0.15) is 33.7 Å². The van der Waals surface area contributed by atoms with E-state index in [0.717, 1.165) is 0 Å². The van der Waals surface area contributed by atoms with Gasteiger partial charge in [-0.1, -0.05) is 0 Å². The Kier molecular flexibility index (Phi) is 3.97. The molecule has 1 aromatic heterocycles. The first-order valence-corrected chi connectivity index (χ1v) is 5.82. The van der Waals surface area contributed by atoms with Crippen molar-refractivity contribution in [3.05, 3.63) is 22.7 Å². The zero-order valence-electron chi connectivity index (χ0n) is 10.1. The van der Waals surface area contributed by atoms with E-state index in [1.54, 1.807) is 17.0 Å². The van der Waals surface area contributed by atoms with E-state index in [1.165, 1.54) is 0 Å². The van der Waals surface area contributed by atoms with Crippen LogP contribution in [-0.2, 0) is 0 Å². The van der Waals surface area contributed by atoms with Crippen molar-refractivity contribution in [1.29, 1.82) is 0 Å². The third kappa shape index (κ3) is 2.98. The number of hydrogen-bond acceptors (Lipinski definition) is 3. The number of nitrogens with one attached hydrogen (secondary N) is 1. The molecule has 5 heteroatoms. The molecule has 1 aromatic rings. The second-order valence-electron chi connectivity index (χ2n) is 4.72. The highest BCUT2D eigenvalue weighted by Gasteiger charge is 2.18. The van der Waals surface area contributed by atoms with Crippen LogP contribution >= 0.6 is 11.6 Å². The van der Waals surface area contributed by atoms with Crippen LogP contribution < -0.4 is 10.9 Å². The molecule has 4 nitrogen and oxygen atoms in total. The molecule has 0 spiro atoms. The Morgan fingerprint density at radius 1 is 1.56 bits per heavy atom. The van der Waals surface area contributed by atoms with Crippen LogP contribution in [0.25, 0.3) is 0 Å². The zero-order valence-corrected chi connectivity index (χ0v) is 10.9. The van der Waals surface area contributed by atoms with Crippen LogP contribution in [-0.4, -0.2) is 21.0 Å². The highest BCUT2D eigenvalue weighted by Crippen LogP contribution is 2.11. The number of nitrogens with zero attached hydrogens (tertiary/aromatic N) is 2. The highest BCUT2D eigenvalue weighted by atomic mass is 35.5. The third-order valence-corrected chi connectivity index (χ3v) is 2.88. The lowest BCUT2D eigenvalue weighted by Crippen LogP contribution is -2.37. The van der Waals surface area contributed by atoms with Gasteiger partial charge in [0.1, 0.15) is 0 Å². The number of aromatic nitrogens is 2. The third-order valence-electron chi connectivity index (χ3n) is 2.22. The van der Waals surface area contributed by atoms with E-state index in [1.807, 2.05) is 27.7 Å². The summed E-state index contributed by atoms with van der Waals surface area (Å²) in [5.74, 6) is 0.756. The maximum absolute atomic E-state index is 12.0. The smallest absolute Gasteiger partial charge is 0.293 e. The lowest BCUT2D eigenvalue weighted by Gasteiger charge is -2.24. The van der Waals surface area contributed by atoms with E-state index in [0.29, 0.717) is 11.7 Å². The quantitative estimate of drug-likeness (QED) is 0.826. The van der Waals surface area contributed by atoms with E-state index < -0.39 is 0 Å². The van der Waals surface area contributed by atoms with Gasteiger partial charge in [-0.3, -0.25) is 4.79 Å². The minimum Gasteiger partial charge on any atom is -0.359 e. The maximum Gasteiger partial charge on any atom is 0.293 e. The fraction of sp³-hybridized carbons (Fsp3) is 0.636. The summed E-state index contributed by atoms with van der Waals surface area (Å²) in [5, 5.41) is 3.06. The van der Waals surface area contributed by atoms with Crippen LogP contribution in [0.5, 0.6) is 0 Å². The average Bonchev–Trinajstić information content (AvgIpc) is 2.20. The average molecular weight is 244 g/mol. The Bertz CT molecular complexity index is 412. The predicted octanol–water partition coefficient (Wildman–Crippen LogP) is 2.25. The van der Waals surface area contributed by atoms with Crippen molar-refractivity contribution in [3.63, 3.8) is 0 Å². The molecule has 0 unspecified atom stereocenters. The van der Waals surface area contributed by atoms with Gasteiger partial charge in [-0.25, -0.2) is 4.98 Å². The fourth-order valence-electron chi connectivity index (χ4n) is 1.27. The van der Waals surface area contributed by atoms with Crippen LogP contribution in [0.4, 0.5) is 5.82 Å². The molecule has 0 bridgehead atoms. The van der Waals surface area contributed by atoms with Crippen molar-refractivity contribution in [2.75, 3.05) is 11.2 Å². The minimum atomic E-state index is -0.343. The van der Waals surface area contributed by atoms with Gasteiger partial charge in [0, 0.05) is 29.9 Å². The first kappa shape index (κ1) is 13.0. The van der Waals surface area contributed by atoms with Crippen molar-refractivity contribution < 1.29 is 0 Å². The summed E-state index contributed by atoms with van der Waals surface area (Å²) in [7, 11) is 0. The zero-order chi connectivity index (χ0) is 12.3. The Morgan fingerprint density at radius 3 is 2.69 bits per heavy atom. The molecule has 0 saturated carbocycles. The first-order valence-electron chi connectivity index (χ1n) is 5.28. The lowest BCUT2D eigenvalue weighted by molar-refractivity contribution is 0.568. The fourth-order valence-corrected chi connectivity index (χ4v) is 1.34. The van der Waals surface area contributed by atoms with Crippen molar-refractivity contribution in [3.8, 4) is 0 Å². The molecule has 0 aromatic carbocycles. The number of hydrogen-bond donors (Lipinski definition) is 1. The second-order valence-corrected chi connectivity index (χ2v) is 4.99. The van der Waals surface area contributed by atoms with E-state index in [4.69, 9.17) is 11.6 Å². The van der Waals surface area contributed by atoms with E-state index >= 15 is 0 Å². The van der Waals surface area contributed by atoms with Gasteiger partial charge in [0.15, 0.2) is 5.82 Å². The molecular weight excluding hydrogens is 226 g/mol. The second kappa shape index (κ2) is 4.87. The highest BCUT2D eigenvalue weighted by molar-refractivity contribution is 6.18. The van der Waals surface area contributed by atoms with Gasteiger partial charge in [0.05, 0.1) is 0 Å². The van der Waals surface area contributed by atoms with Crippen LogP contribution in [0, 0.1) is 0 Å². The summed E-state index contributed by atoms with van der Waals surface area (Å²) in [6.45, 7) is 7.76. The number of alkyl halides is 1. The largest absolute Gasteiger partial charge is 0.359 e. The minimum absolute atomic E-state index is 0.115. The van der Waals surface area contributed by atoms with Gasteiger partial charge in [0.25, 0.3) is 5.56 Å². The van der Waals surface area contributed by atoms with Crippen molar-refractivity contribution in [2.45, 2.75) is 39.3 Å². The van der Waals surface area contributed by atoms with Gasteiger partial charge in [0.2, 0.25) is 0 Å². The molecule has 0 atom stereocenters. The maximum atomic E-state index is 12.0. The Labute approximate surface area is 101 Å². The summed E-state index contributed by atoms with van der Waals surface area (Å²) >= 11 is 5.80. The topological polar surface area (TPSA) is 46.9 Å². The van der Waals surface area contributed by atoms with Gasteiger partial charge in [-0.15, -0.1) is 11.6 Å². The molecule has 0 radical (unpaired) electrons. The van der Waals surface area contributed by atoms with Crippen molar-refractivity contribution in [1.82, 2.24) is 9.55 Å². The van der Waals surface area contributed by atoms with Gasteiger partial charge >= 0.3 is 0 Å². The number of halogens is 1. The predicted molar refractivity (Wildman–Crippen MR) is 67.3 cm³/mol. The lowest BCUT2D eigenvalue weighted by atomic mass is 10.1. The molecule has 0 amide bonds. The summed E-state index contributed by atoms with van der Waals surface area (Å²) in [4.78, 5) is 16.1. The summed E-state index contributed by atoms with van der Waals surface area (Å²) in [6, 6.07) is 0.121. The Balaban J connectivity index is 3.08. The number of rotatable bonds is 4. The normalized spacial score (nSPS) is 11.9. The molecule has 1 rings (SSSR count). The molecular formula is C11H18ClN3O. The van der Waals surface area contributed by atoms with Crippen LogP contribution in [0.2, 0.25) is 0 Å². The van der Waals surface area contributed by atoms with E-state index in [-0.39, 0.29) is 17.1 Å². The summed E-state index contributed by atoms with van der Waals surface area (Å²) in [6.07, 6.45) is 3.31. The Morgan fingerprint density at radius 2 is 2.19 bits per heavy atom.